The Morgan fingerprint density at radius 3 is 2.96 bits per heavy atom. The zero-order valence-electron chi connectivity index (χ0n) is 14.2. The zero-order chi connectivity index (χ0) is 18.8. The predicted octanol–water partition coefficient (Wildman–Crippen LogP) is 2.52. The quantitative estimate of drug-likeness (QED) is 0.498. The summed E-state index contributed by atoms with van der Waals surface area (Å²) in [6, 6.07) is 7.78. The van der Waals surface area contributed by atoms with Gasteiger partial charge in [0.15, 0.2) is 6.23 Å². The molecule has 3 aromatic heterocycles. The van der Waals surface area contributed by atoms with Crippen molar-refractivity contribution in [2.75, 3.05) is 5.32 Å². The summed E-state index contributed by atoms with van der Waals surface area (Å²) in [5, 5.41) is 28.7. The van der Waals surface area contributed by atoms with E-state index in [2.05, 4.69) is 25.8 Å². The number of nitrogens with one attached hydrogen (secondary N) is 1. The largest absolute Gasteiger partial charge is 0.418 e. The Morgan fingerprint density at radius 1 is 1.30 bits per heavy atom. The van der Waals surface area contributed by atoms with Crippen molar-refractivity contribution < 1.29 is 18.4 Å². The minimum atomic E-state index is -1.13. The first-order valence-corrected chi connectivity index (χ1v) is 8.05. The molecule has 0 saturated carbocycles. The molecule has 27 heavy (non-hydrogen) atoms. The van der Waals surface area contributed by atoms with Crippen LogP contribution < -0.4 is 5.32 Å². The van der Waals surface area contributed by atoms with Gasteiger partial charge in [0.05, 0.1) is 18.4 Å². The minimum Gasteiger partial charge on any atom is -0.418 e. The molecule has 10 heteroatoms. The molecule has 0 fully saturated rings. The van der Waals surface area contributed by atoms with Crippen LogP contribution in [0.2, 0.25) is 0 Å². The van der Waals surface area contributed by atoms with Gasteiger partial charge in [-0.2, -0.15) is 5.10 Å². The molecular weight excluding hydrogens is 355 g/mol. The van der Waals surface area contributed by atoms with Crippen molar-refractivity contribution in [3.05, 3.63) is 65.7 Å². The highest BCUT2D eigenvalue weighted by Gasteiger charge is 2.18. The maximum atomic E-state index is 13.3. The van der Waals surface area contributed by atoms with Crippen LogP contribution in [0.25, 0.3) is 11.7 Å². The maximum Gasteiger partial charge on any atom is 0.286 e. The normalized spacial score (nSPS) is 12.3. The first kappa shape index (κ1) is 16.9. The highest BCUT2D eigenvalue weighted by atomic mass is 19.1. The number of rotatable bonds is 6. The van der Waals surface area contributed by atoms with Gasteiger partial charge in [-0.3, -0.25) is 4.68 Å². The Bertz CT molecular complexity index is 1060. The van der Waals surface area contributed by atoms with E-state index in [0.29, 0.717) is 18.1 Å². The molecule has 1 atom stereocenters. The molecule has 0 aliphatic carbocycles. The second-order valence-electron chi connectivity index (χ2n) is 5.85. The SMILES string of the molecule is Cc1nnc(-c2cc(C(O)Nc3cnn(Cc4cccc(F)c4)c3)no2)o1. The Labute approximate surface area is 152 Å². The number of benzene rings is 1. The van der Waals surface area contributed by atoms with Gasteiger partial charge in [-0.15, -0.1) is 10.2 Å². The van der Waals surface area contributed by atoms with E-state index in [-0.39, 0.29) is 23.2 Å². The van der Waals surface area contributed by atoms with E-state index in [9.17, 15) is 9.50 Å². The number of nitrogens with zero attached hydrogens (tertiary/aromatic N) is 5. The molecular formula is C17H15FN6O3. The summed E-state index contributed by atoms with van der Waals surface area (Å²) in [7, 11) is 0. The van der Waals surface area contributed by atoms with Crippen LogP contribution in [0, 0.1) is 12.7 Å². The van der Waals surface area contributed by atoms with Crippen LogP contribution in [0.1, 0.15) is 23.4 Å². The molecule has 3 heterocycles. The highest BCUT2D eigenvalue weighted by Crippen LogP contribution is 2.23. The van der Waals surface area contributed by atoms with Gasteiger partial charge in [-0.25, -0.2) is 4.39 Å². The van der Waals surface area contributed by atoms with Crippen LogP contribution >= 0.6 is 0 Å². The Balaban J connectivity index is 1.42. The van der Waals surface area contributed by atoms with Gasteiger partial charge in [0, 0.05) is 19.2 Å². The number of aliphatic hydroxyl groups is 1. The average molecular weight is 370 g/mol. The number of halogens is 1. The lowest BCUT2D eigenvalue weighted by atomic mass is 10.2. The summed E-state index contributed by atoms with van der Waals surface area (Å²) in [6.45, 7) is 2.06. The van der Waals surface area contributed by atoms with Crippen molar-refractivity contribution in [2.24, 2.45) is 0 Å². The third kappa shape index (κ3) is 3.85. The van der Waals surface area contributed by atoms with Crippen LogP contribution in [0.4, 0.5) is 10.1 Å². The van der Waals surface area contributed by atoms with Crippen molar-refractivity contribution in [1.29, 1.82) is 0 Å². The van der Waals surface area contributed by atoms with Gasteiger partial charge in [-0.05, 0) is 17.7 Å². The number of anilines is 1. The second kappa shape index (κ2) is 7.00. The fourth-order valence-electron chi connectivity index (χ4n) is 2.49. The number of aliphatic hydroxyl groups excluding tert-OH is 1. The third-order valence-corrected chi connectivity index (χ3v) is 3.72. The van der Waals surface area contributed by atoms with Gasteiger partial charge < -0.3 is 19.4 Å². The lowest BCUT2D eigenvalue weighted by Gasteiger charge is -2.08. The minimum absolute atomic E-state index is 0.182. The third-order valence-electron chi connectivity index (χ3n) is 3.72. The van der Waals surface area contributed by atoms with Crippen molar-refractivity contribution in [3.8, 4) is 11.7 Å². The van der Waals surface area contributed by atoms with Gasteiger partial charge >= 0.3 is 0 Å². The first-order chi connectivity index (χ1) is 13.1. The molecule has 0 bridgehead atoms. The Kier molecular flexibility index (Phi) is 4.38. The molecule has 0 radical (unpaired) electrons. The van der Waals surface area contributed by atoms with Gasteiger partial charge in [-0.1, -0.05) is 17.3 Å². The van der Waals surface area contributed by atoms with E-state index < -0.39 is 6.23 Å². The summed E-state index contributed by atoms with van der Waals surface area (Å²) in [5.41, 5.74) is 1.59. The van der Waals surface area contributed by atoms with Crippen molar-refractivity contribution >= 4 is 5.69 Å². The van der Waals surface area contributed by atoms with Crippen molar-refractivity contribution in [3.63, 3.8) is 0 Å². The van der Waals surface area contributed by atoms with E-state index in [1.807, 2.05) is 6.07 Å². The van der Waals surface area contributed by atoms with E-state index in [1.165, 1.54) is 18.2 Å². The van der Waals surface area contributed by atoms with Crippen molar-refractivity contribution in [2.45, 2.75) is 19.7 Å². The lowest BCUT2D eigenvalue weighted by Crippen LogP contribution is -2.09. The van der Waals surface area contributed by atoms with E-state index >= 15 is 0 Å². The maximum absolute atomic E-state index is 13.3. The summed E-state index contributed by atoms with van der Waals surface area (Å²) < 4.78 is 25.2. The van der Waals surface area contributed by atoms with Gasteiger partial charge in [0.2, 0.25) is 11.7 Å². The molecule has 0 amide bonds. The lowest BCUT2D eigenvalue weighted by molar-refractivity contribution is 0.196. The summed E-state index contributed by atoms with van der Waals surface area (Å²) in [5.74, 6) is 0.536. The van der Waals surface area contributed by atoms with Crippen LogP contribution in [0.3, 0.4) is 0 Å². The zero-order valence-corrected chi connectivity index (χ0v) is 14.2. The first-order valence-electron chi connectivity index (χ1n) is 8.05. The molecule has 2 N–H and O–H groups in total. The molecule has 9 nitrogen and oxygen atoms in total. The van der Waals surface area contributed by atoms with E-state index in [1.54, 1.807) is 30.1 Å². The van der Waals surface area contributed by atoms with Crippen LogP contribution in [-0.2, 0) is 6.54 Å². The van der Waals surface area contributed by atoms with E-state index in [4.69, 9.17) is 8.94 Å². The highest BCUT2D eigenvalue weighted by molar-refractivity contribution is 5.45. The van der Waals surface area contributed by atoms with Crippen molar-refractivity contribution in [1.82, 2.24) is 25.1 Å². The number of aromatic nitrogens is 5. The fourth-order valence-corrected chi connectivity index (χ4v) is 2.49. The number of hydrogen-bond acceptors (Lipinski definition) is 8. The standard InChI is InChI=1S/C17H15FN6O3/c1-10-21-22-17(26-10)15-6-14(23-27-15)16(25)20-13-7-19-24(9-13)8-11-3-2-4-12(18)5-11/h2-7,9,16,20,25H,8H2,1H3. The summed E-state index contributed by atoms with van der Waals surface area (Å²) in [6.07, 6.45) is 2.11. The Morgan fingerprint density at radius 2 is 2.19 bits per heavy atom. The van der Waals surface area contributed by atoms with E-state index in [0.717, 1.165) is 5.56 Å². The average Bonchev–Trinajstić information content (AvgIpc) is 3.36. The smallest absolute Gasteiger partial charge is 0.286 e. The molecule has 0 aliphatic rings. The fraction of sp³-hybridized carbons (Fsp3) is 0.176. The Hall–Kier alpha value is -3.53. The summed E-state index contributed by atoms with van der Waals surface area (Å²) >= 11 is 0. The molecule has 0 aliphatic heterocycles. The van der Waals surface area contributed by atoms with Crippen LogP contribution in [0.5, 0.6) is 0 Å². The van der Waals surface area contributed by atoms with Crippen LogP contribution in [-0.4, -0.2) is 30.2 Å². The molecule has 0 saturated heterocycles. The molecule has 4 aromatic rings. The van der Waals surface area contributed by atoms with Crippen LogP contribution in [0.15, 0.2) is 51.7 Å². The molecule has 1 unspecified atom stereocenters. The van der Waals surface area contributed by atoms with Gasteiger partial charge in [0.25, 0.3) is 5.89 Å². The molecule has 0 spiro atoms. The number of hydrogen-bond donors (Lipinski definition) is 2. The topological polar surface area (TPSA) is 115 Å². The van der Waals surface area contributed by atoms with Gasteiger partial charge in [0.1, 0.15) is 11.5 Å². The second-order valence-corrected chi connectivity index (χ2v) is 5.85. The number of aryl methyl sites for hydroxylation is 1. The summed E-state index contributed by atoms with van der Waals surface area (Å²) in [4.78, 5) is 0. The molecule has 138 valence electrons. The molecule has 1 aromatic carbocycles. The molecule has 4 rings (SSSR count). The monoisotopic (exact) mass is 370 g/mol. The predicted molar refractivity (Wildman–Crippen MR) is 90.8 cm³/mol.